The average molecular weight is 366 g/mol. The Balaban J connectivity index is 1.94. The number of nitrogens with one attached hydrogen (secondary N) is 5. The lowest BCUT2D eigenvalue weighted by atomic mass is 10.1. The van der Waals surface area contributed by atoms with Gasteiger partial charge in [-0.3, -0.25) is 40.6 Å². The maximum absolute atomic E-state index is 11.8. The number of phenolic OH excluding ortho intramolecular Hbond substituents is 1. The standard InChI is InChI=1S/C12H10N6O8/c19-6-2-1-4(3-5(6)18(25)26)13-12(24)17-16-10(22)7-8(20)14-11(23)15-9(7)21/h1-3,7,19H,(H,16,22)(H2,13,17,24)(H2,14,15,20,21,23). The fraction of sp³-hybridized carbons (Fsp3) is 0.0833. The predicted molar refractivity (Wildman–Crippen MR) is 80.2 cm³/mol. The summed E-state index contributed by atoms with van der Waals surface area (Å²) in [6.45, 7) is 0. The molecular weight excluding hydrogens is 356 g/mol. The van der Waals surface area contributed by atoms with Gasteiger partial charge in [-0.05, 0) is 12.1 Å². The van der Waals surface area contributed by atoms with Crippen LogP contribution in [0.5, 0.6) is 5.75 Å². The van der Waals surface area contributed by atoms with Crippen molar-refractivity contribution in [3.05, 3.63) is 28.3 Å². The number of carbonyl (C=O) groups is 5. The number of aromatic hydroxyl groups is 1. The second kappa shape index (κ2) is 7.12. The number of amides is 7. The van der Waals surface area contributed by atoms with E-state index in [1.165, 1.54) is 0 Å². The van der Waals surface area contributed by atoms with Gasteiger partial charge in [0, 0.05) is 11.8 Å². The van der Waals surface area contributed by atoms with E-state index in [0.29, 0.717) is 0 Å². The van der Waals surface area contributed by atoms with Crippen molar-refractivity contribution in [2.24, 2.45) is 5.92 Å². The summed E-state index contributed by atoms with van der Waals surface area (Å²) < 4.78 is 0. The normalized spacial score (nSPS) is 14.1. The first-order valence-corrected chi connectivity index (χ1v) is 6.69. The number of hydrogen-bond donors (Lipinski definition) is 6. The van der Waals surface area contributed by atoms with E-state index in [9.17, 15) is 39.2 Å². The Morgan fingerprint density at radius 3 is 2.31 bits per heavy atom. The summed E-state index contributed by atoms with van der Waals surface area (Å²) in [7, 11) is 0. The Labute approximate surface area is 143 Å². The third kappa shape index (κ3) is 3.99. The summed E-state index contributed by atoms with van der Waals surface area (Å²) in [5, 5.41) is 25.5. The molecule has 136 valence electrons. The maximum atomic E-state index is 11.8. The lowest BCUT2D eigenvalue weighted by Crippen LogP contribution is -2.61. The fourth-order valence-electron chi connectivity index (χ4n) is 1.86. The number of hydrazine groups is 1. The summed E-state index contributed by atoms with van der Waals surface area (Å²) >= 11 is 0. The van der Waals surface area contributed by atoms with E-state index in [4.69, 9.17) is 0 Å². The van der Waals surface area contributed by atoms with Crippen LogP contribution in [-0.4, -0.2) is 39.8 Å². The van der Waals surface area contributed by atoms with Gasteiger partial charge in [0.1, 0.15) is 0 Å². The van der Waals surface area contributed by atoms with Crippen LogP contribution in [0.4, 0.5) is 21.0 Å². The minimum absolute atomic E-state index is 0.0833. The first kappa shape index (κ1) is 18.1. The van der Waals surface area contributed by atoms with Crippen LogP contribution in [0.25, 0.3) is 0 Å². The summed E-state index contributed by atoms with van der Waals surface area (Å²) in [4.78, 5) is 67.0. The Morgan fingerprint density at radius 1 is 1.12 bits per heavy atom. The molecule has 0 radical (unpaired) electrons. The van der Waals surface area contributed by atoms with Crippen LogP contribution in [-0.2, 0) is 14.4 Å². The zero-order valence-electron chi connectivity index (χ0n) is 12.6. The number of benzene rings is 1. The molecule has 0 bridgehead atoms. The molecule has 0 aromatic heterocycles. The van der Waals surface area contributed by atoms with Crippen LogP contribution in [0, 0.1) is 16.0 Å². The molecule has 26 heavy (non-hydrogen) atoms. The topological polar surface area (TPSA) is 209 Å². The van der Waals surface area contributed by atoms with Crippen LogP contribution in [0.2, 0.25) is 0 Å². The van der Waals surface area contributed by atoms with Crippen LogP contribution in [0.3, 0.4) is 0 Å². The van der Waals surface area contributed by atoms with Gasteiger partial charge in [-0.1, -0.05) is 0 Å². The number of barbiturate groups is 1. The van der Waals surface area contributed by atoms with E-state index in [2.05, 4.69) is 5.32 Å². The Morgan fingerprint density at radius 2 is 1.73 bits per heavy atom. The lowest BCUT2D eigenvalue weighted by Gasteiger charge is -2.20. The van der Waals surface area contributed by atoms with E-state index in [-0.39, 0.29) is 5.69 Å². The Hall–Kier alpha value is -4.23. The molecule has 0 aliphatic carbocycles. The van der Waals surface area contributed by atoms with Crippen LogP contribution >= 0.6 is 0 Å². The molecule has 0 unspecified atom stereocenters. The number of urea groups is 2. The molecule has 1 aromatic carbocycles. The number of phenols is 1. The van der Waals surface area contributed by atoms with E-state index in [1.54, 1.807) is 16.1 Å². The highest BCUT2D eigenvalue weighted by Gasteiger charge is 2.40. The molecule has 1 fully saturated rings. The van der Waals surface area contributed by atoms with Crippen molar-refractivity contribution in [1.29, 1.82) is 0 Å². The number of nitro benzene ring substituents is 1. The zero-order chi connectivity index (χ0) is 19.4. The molecular formula is C12H10N6O8. The average Bonchev–Trinajstić information content (AvgIpc) is 2.53. The molecule has 6 N–H and O–H groups in total. The number of hydrogen-bond acceptors (Lipinski definition) is 8. The van der Waals surface area contributed by atoms with Crippen molar-refractivity contribution < 1.29 is 34.0 Å². The van der Waals surface area contributed by atoms with Crippen molar-refractivity contribution >= 4 is 41.2 Å². The van der Waals surface area contributed by atoms with Gasteiger partial charge >= 0.3 is 17.7 Å². The molecule has 1 saturated heterocycles. The Bertz CT molecular complexity index is 817. The predicted octanol–water partition coefficient (Wildman–Crippen LogP) is -1.56. The minimum atomic E-state index is -1.90. The quantitative estimate of drug-likeness (QED) is 0.159. The van der Waals surface area contributed by atoms with Crippen molar-refractivity contribution in [1.82, 2.24) is 21.5 Å². The van der Waals surface area contributed by atoms with E-state index >= 15 is 0 Å². The smallest absolute Gasteiger partial charge is 0.337 e. The van der Waals surface area contributed by atoms with Gasteiger partial charge in [-0.2, -0.15) is 0 Å². The summed E-state index contributed by atoms with van der Waals surface area (Å²) in [5.41, 5.74) is 2.85. The molecule has 1 aliphatic heterocycles. The van der Waals surface area contributed by atoms with Gasteiger partial charge in [0.05, 0.1) is 4.92 Å². The third-order valence-corrected chi connectivity index (χ3v) is 2.99. The molecule has 0 spiro atoms. The van der Waals surface area contributed by atoms with E-state index < -0.39 is 52.1 Å². The first-order chi connectivity index (χ1) is 12.2. The van der Waals surface area contributed by atoms with Crippen LogP contribution in [0.1, 0.15) is 0 Å². The molecule has 14 nitrogen and oxygen atoms in total. The number of carbonyl (C=O) groups excluding carboxylic acids is 5. The monoisotopic (exact) mass is 366 g/mol. The third-order valence-electron chi connectivity index (χ3n) is 2.99. The largest absolute Gasteiger partial charge is 0.502 e. The number of rotatable bonds is 3. The van der Waals surface area contributed by atoms with Crippen molar-refractivity contribution in [2.45, 2.75) is 0 Å². The van der Waals surface area contributed by atoms with Gasteiger partial charge < -0.3 is 10.4 Å². The fourth-order valence-corrected chi connectivity index (χ4v) is 1.86. The highest BCUT2D eigenvalue weighted by molar-refractivity contribution is 6.26. The lowest BCUT2D eigenvalue weighted by molar-refractivity contribution is -0.385. The molecule has 0 saturated carbocycles. The van der Waals surface area contributed by atoms with Crippen LogP contribution < -0.4 is 26.8 Å². The molecule has 1 heterocycles. The van der Waals surface area contributed by atoms with Crippen molar-refractivity contribution in [3.63, 3.8) is 0 Å². The zero-order valence-corrected chi connectivity index (χ0v) is 12.6. The number of anilines is 1. The number of nitrogens with zero attached hydrogens (tertiary/aromatic N) is 1. The van der Waals surface area contributed by atoms with Crippen molar-refractivity contribution in [3.8, 4) is 5.75 Å². The number of imide groups is 2. The van der Waals surface area contributed by atoms with Gasteiger partial charge in [0.2, 0.25) is 11.8 Å². The molecule has 1 aromatic rings. The first-order valence-electron chi connectivity index (χ1n) is 6.69. The van der Waals surface area contributed by atoms with Gasteiger partial charge in [-0.25, -0.2) is 15.0 Å². The van der Waals surface area contributed by atoms with Crippen LogP contribution in [0.15, 0.2) is 18.2 Å². The van der Waals surface area contributed by atoms with E-state index in [1.807, 2.05) is 5.43 Å². The molecule has 14 heteroatoms. The molecule has 7 amide bonds. The summed E-state index contributed by atoms with van der Waals surface area (Å²) in [6, 6.07) is 0.844. The summed E-state index contributed by atoms with van der Waals surface area (Å²) in [6.07, 6.45) is 0. The van der Waals surface area contributed by atoms with Gasteiger partial charge in [-0.15, -0.1) is 0 Å². The van der Waals surface area contributed by atoms with E-state index in [0.717, 1.165) is 18.2 Å². The van der Waals surface area contributed by atoms with Crippen molar-refractivity contribution in [2.75, 3.05) is 5.32 Å². The second-order valence-corrected chi connectivity index (χ2v) is 4.77. The maximum Gasteiger partial charge on any atom is 0.337 e. The second-order valence-electron chi connectivity index (χ2n) is 4.77. The Kier molecular flexibility index (Phi) is 4.96. The minimum Gasteiger partial charge on any atom is -0.502 e. The SMILES string of the molecule is O=C1NC(=O)C(C(=O)NNC(=O)Nc2ccc(O)c([N+](=O)[O-])c2)C(=O)N1. The molecule has 2 rings (SSSR count). The van der Waals surface area contributed by atoms with Gasteiger partial charge in [0.15, 0.2) is 11.7 Å². The molecule has 1 aliphatic rings. The summed E-state index contributed by atoms with van der Waals surface area (Å²) in [5.74, 6) is -6.08. The van der Waals surface area contributed by atoms with Gasteiger partial charge in [0.25, 0.3) is 5.91 Å². The molecule has 0 atom stereocenters. The number of nitro groups is 1. The highest BCUT2D eigenvalue weighted by Crippen LogP contribution is 2.28. The highest BCUT2D eigenvalue weighted by atomic mass is 16.6.